The van der Waals surface area contributed by atoms with E-state index in [4.69, 9.17) is 5.73 Å². The maximum Gasteiger partial charge on any atom is 0.333 e. The minimum atomic E-state index is -0.643. The summed E-state index contributed by atoms with van der Waals surface area (Å²) in [6.45, 7) is 4.96. The fourth-order valence-corrected chi connectivity index (χ4v) is 0.938. The predicted octanol–water partition coefficient (Wildman–Crippen LogP) is 0.791. The highest BCUT2D eigenvalue weighted by Crippen LogP contribution is 1.91. The Bertz CT molecular complexity index is 208. The van der Waals surface area contributed by atoms with Crippen molar-refractivity contribution in [3.63, 3.8) is 0 Å². The quantitative estimate of drug-likeness (QED) is 0.593. The summed E-state index contributed by atoms with van der Waals surface area (Å²) in [6, 6.07) is -1.04. The molecule has 0 aliphatic carbocycles. The van der Waals surface area contributed by atoms with Gasteiger partial charge in [-0.25, -0.2) is 20.0 Å². The molecule has 0 aromatic rings. The Morgan fingerprint density at radius 3 is 2.40 bits per heavy atom. The average molecular weight is 216 g/mol. The van der Waals surface area contributed by atoms with Gasteiger partial charge in [0.15, 0.2) is 0 Å². The Balaban J connectivity index is 3.93. The Hall–Kier alpha value is -1.46. The zero-order chi connectivity index (χ0) is 11.7. The fourth-order valence-electron chi connectivity index (χ4n) is 0.938. The van der Waals surface area contributed by atoms with Crippen LogP contribution in [-0.2, 0) is 0 Å². The maximum atomic E-state index is 11.2. The van der Waals surface area contributed by atoms with Crippen molar-refractivity contribution in [3.05, 3.63) is 0 Å². The molecule has 0 aromatic heterocycles. The van der Waals surface area contributed by atoms with Gasteiger partial charge in [0.1, 0.15) is 0 Å². The van der Waals surface area contributed by atoms with Crippen LogP contribution in [0.25, 0.3) is 0 Å². The van der Waals surface area contributed by atoms with Crippen LogP contribution in [0.3, 0.4) is 0 Å². The van der Waals surface area contributed by atoms with E-state index in [1.165, 1.54) is 0 Å². The standard InChI is InChI=1S/C9H20N4O2/c1-3-5-7-13(8(10)14)12-9(15)11-6-4-2/h3-7H2,1-2H3,(H2,10,14)(H2,11,12,15). The Labute approximate surface area is 90.2 Å². The lowest BCUT2D eigenvalue weighted by atomic mass is 10.3. The monoisotopic (exact) mass is 216 g/mol. The van der Waals surface area contributed by atoms with Crippen molar-refractivity contribution < 1.29 is 9.59 Å². The predicted molar refractivity (Wildman–Crippen MR) is 58.0 cm³/mol. The maximum absolute atomic E-state index is 11.2. The van der Waals surface area contributed by atoms with E-state index in [2.05, 4.69) is 10.7 Å². The number of unbranched alkanes of at least 4 members (excludes halogenated alkanes) is 1. The van der Waals surface area contributed by atoms with Gasteiger partial charge < -0.3 is 11.1 Å². The Morgan fingerprint density at radius 1 is 1.27 bits per heavy atom. The van der Waals surface area contributed by atoms with Crippen LogP contribution in [0.15, 0.2) is 0 Å². The highest BCUT2D eigenvalue weighted by molar-refractivity contribution is 5.79. The molecule has 0 spiro atoms. The number of nitrogens with one attached hydrogen (secondary N) is 2. The van der Waals surface area contributed by atoms with E-state index < -0.39 is 12.1 Å². The van der Waals surface area contributed by atoms with Crippen molar-refractivity contribution in [1.82, 2.24) is 15.8 Å². The molecule has 0 atom stereocenters. The molecule has 6 heteroatoms. The first-order valence-electron chi connectivity index (χ1n) is 5.23. The number of rotatable bonds is 5. The van der Waals surface area contributed by atoms with Gasteiger partial charge in [0.05, 0.1) is 0 Å². The van der Waals surface area contributed by atoms with Gasteiger partial charge in [-0.15, -0.1) is 0 Å². The van der Waals surface area contributed by atoms with Crippen LogP contribution in [0, 0.1) is 0 Å². The van der Waals surface area contributed by atoms with Gasteiger partial charge in [-0.3, -0.25) is 0 Å². The van der Waals surface area contributed by atoms with Crippen LogP contribution >= 0.6 is 0 Å². The van der Waals surface area contributed by atoms with Crippen LogP contribution in [0.1, 0.15) is 33.1 Å². The Morgan fingerprint density at radius 2 is 1.93 bits per heavy atom. The van der Waals surface area contributed by atoms with Gasteiger partial charge in [0.25, 0.3) is 0 Å². The second-order valence-corrected chi connectivity index (χ2v) is 3.21. The highest BCUT2D eigenvalue weighted by atomic mass is 16.2. The van der Waals surface area contributed by atoms with Crippen molar-refractivity contribution in [3.8, 4) is 0 Å². The Kier molecular flexibility index (Phi) is 7.13. The second-order valence-electron chi connectivity index (χ2n) is 3.21. The summed E-state index contributed by atoms with van der Waals surface area (Å²) in [7, 11) is 0. The molecule has 0 aromatic carbocycles. The van der Waals surface area contributed by atoms with Crippen LogP contribution in [0.5, 0.6) is 0 Å². The number of hydrogen-bond acceptors (Lipinski definition) is 2. The van der Waals surface area contributed by atoms with Crippen LogP contribution in [-0.4, -0.2) is 30.2 Å². The zero-order valence-electron chi connectivity index (χ0n) is 9.38. The molecule has 88 valence electrons. The molecule has 0 radical (unpaired) electrons. The minimum Gasteiger partial charge on any atom is -0.350 e. The van der Waals surface area contributed by atoms with Gasteiger partial charge >= 0.3 is 12.1 Å². The number of hydrazine groups is 1. The summed E-state index contributed by atoms with van der Waals surface area (Å²) in [5.41, 5.74) is 7.49. The lowest BCUT2D eigenvalue weighted by molar-refractivity contribution is 0.173. The number of nitrogens with zero attached hydrogens (tertiary/aromatic N) is 1. The lowest BCUT2D eigenvalue weighted by Crippen LogP contribution is -2.52. The molecule has 0 unspecified atom stereocenters. The van der Waals surface area contributed by atoms with E-state index in [1.807, 2.05) is 13.8 Å². The van der Waals surface area contributed by atoms with E-state index in [1.54, 1.807) is 0 Å². The molecule has 0 rings (SSSR count). The van der Waals surface area contributed by atoms with Crippen LogP contribution in [0.2, 0.25) is 0 Å². The third kappa shape index (κ3) is 6.59. The molecule has 0 bridgehead atoms. The molecule has 0 fully saturated rings. The zero-order valence-corrected chi connectivity index (χ0v) is 9.38. The van der Waals surface area contributed by atoms with Gasteiger partial charge in [-0.2, -0.15) is 0 Å². The highest BCUT2D eigenvalue weighted by Gasteiger charge is 2.11. The molecule has 0 aliphatic rings. The molecule has 4 N–H and O–H groups in total. The summed E-state index contributed by atoms with van der Waals surface area (Å²) in [5.74, 6) is 0. The molecule has 0 saturated carbocycles. The minimum absolute atomic E-state index is 0.397. The normalized spacial score (nSPS) is 9.47. The third-order valence-corrected chi connectivity index (χ3v) is 1.77. The number of urea groups is 2. The fraction of sp³-hybridized carbons (Fsp3) is 0.778. The number of amides is 4. The SMILES string of the molecule is CCCCN(NC(=O)NCCC)C(N)=O. The molecule has 15 heavy (non-hydrogen) atoms. The van der Waals surface area contributed by atoms with Gasteiger partial charge in [-0.05, 0) is 12.8 Å². The van der Waals surface area contributed by atoms with E-state index >= 15 is 0 Å². The van der Waals surface area contributed by atoms with Crippen LogP contribution in [0.4, 0.5) is 9.59 Å². The first-order valence-corrected chi connectivity index (χ1v) is 5.23. The largest absolute Gasteiger partial charge is 0.350 e. The molecule has 0 heterocycles. The van der Waals surface area contributed by atoms with Crippen molar-refractivity contribution in [2.24, 2.45) is 5.73 Å². The lowest BCUT2D eigenvalue weighted by Gasteiger charge is -2.20. The first kappa shape index (κ1) is 13.5. The summed E-state index contributed by atoms with van der Waals surface area (Å²) < 4.78 is 0. The number of hydrogen-bond donors (Lipinski definition) is 3. The summed E-state index contributed by atoms with van der Waals surface area (Å²) in [5, 5.41) is 3.71. The summed E-state index contributed by atoms with van der Waals surface area (Å²) in [4.78, 5) is 22.1. The number of carbonyl (C=O) groups is 2. The van der Waals surface area contributed by atoms with Gasteiger partial charge in [0.2, 0.25) is 0 Å². The van der Waals surface area contributed by atoms with Gasteiger partial charge in [-0.1, -0.05) is 20.3 Å². The third-order valence-electron chi connectivity index (χ3n) is 1.77. The van der Waals surface area contributed by atoms with E-state index in [0.29, 0.717) is 13.1 Å². The second kappa shape index (κ2) is 7.90. The summed E-state index contributed by atoms with van der Waals surface area (Å²) >= 11 is 0. The number of nitrogens with two attached hydrogens (primary N) is 1. The van der Waals surface area contributed by atoms with Crippen molar-refractivity contribution >= 4 is 12.1 Å². The van der Waals surface area contributed by atoms with Crippen molar-refractivity contribution in [2.45, 2.75) is 33.1 Å². The smallest absolute Gasteiger partial charge is 0.333 e. The number of primary amides is 1. The number of carbonyl (C=O) groups excluding carboxylic acids is 2. The summed E-state index contributed by atoms with van der Waals surface area (Å²) in [6.07, 6.45) is 2.58. The van der Waals surface area contributed by atoms with Gasteiger partial charge in [0, 0.05) is 13.1 Å². The van der Waals surface area contributed by atoms with E-state index in [9.17, 15) is 9.59 Å². The molecule has 4 amide bonds. The molecular weight excluding hydrogens is 196 g/mol. The van der Waals surface area contributed by atoms with Crippen molar-refractivity contribution in [1.29, 1.82) is 0 Å². The van der Waals surface area contributed by atoms with E-state index in [-0.39, 0.29) is 0 Å². The molecular formula is C9H20N4O2. The average Bonchev–Trinajstić information content (AvgIpc) is 2.20. The first-order chi connectivity index (χ1) is 7.11. The molecule has 0 saturated heterocycles. The van der Waals surface area contributed by atoms with Crippen LogP contribution < -0.4 is 16.5 Å². The molecule has 0 aliphatic heterocycles. The topological polar surface area (TPSA) is 87.5 Å². The van der Waals surface area contributed by atoms with E-state index in [0.717, 1.165) is 24.3 Å². The van der Waals surface area contributed by atoms with Crippen molar-refractivity contribution in [2.75, 3.05) is 13.1 Å². The molecule has 6 nitrogen and oxygen atoms in total.